The fourth-order valence-corrected chi connectivity index (χ4v) is 11.3. The molecule has 1 unspecified atom stereocenters. The molecule has 0 saturated carbocycles. The van der Waals surface area contributed by atoms with Crippen LogP contribution in [0.25, 0.3) is 0 Å². The summed E-state index contributed by atoms with van der Waals surface area (Å²) in [4.78, 5) is 182. The molecule has 3 aliphatic rings. The number of rotatable bonds is 33. The van der Waals surface area contributed by atoms with Crippen molar-refractivity contribution in [2.75, 3.05) is 32.1 Å². The number of aliphatic carboxylic acids is 3. The van der Waals surface area contributed by atoms with Gasteiger partial charge in [-0.1, -0.05) is 38.1 Å². The highest BCUT2D eigenvalue weighted by Crippen LogP contribution is 2.52. The van der Waals surface area contributed by atoms with Crippen molar-refractivity contribution in [2.45, 2.75) is 165 Å². The number of benzene rings is 3. The van der Waals surface area contributed by atoms with Crippen LogP contribution in [0.4, 0.5) is 10.5 Å². The van der Waals surface area contributed by atoms with Gasteiger partial charge in [-0.3, -0.25) is 62.3 Å². The number of fused-ring (bicyclic) bond motifs is 3. The number of aromatic hydroxyl groups is 2. The molecular formula is C63H79N9O26. The SMILES string of the molecule is COc1cccc2c1C(=O)c1c(O)c3c(c(O)c1C2=O)C[C@@](O)(C(=O)CO)C[C@@H]3O[C@H]1CC(NC(=O)OCc2ccc(NC(=O)[C@H](CC(=O)O)NC(=O)[C@@H](NC(=O)[C@H](CCC(=O)O)NC(=O)[C@H](CC(=O)O)NC(=O)CNC(=O)[C@H](CCCCN)NC(C)=O)C(C)C)cc2)[C@H](O)[C@H](C)O1. The van der Waals surface area contributed by atoms with E-state index in [0.29, 0.717) is 24.9 Å². The number of phenolic OH excluding ortho intramolecular Hbond substituents is 2. The van der Waals surface area contributed by atoms with E-state index in [4.69, 9.17) is 24.7 Å². The number of hydrogen-bond acceptors (Lipinski definition) is 24. The third-order valence-electron chi connectivity index (χ3n) is 16.3. The molecule has 98 heavy (non-hydrogen) atoms. The minimum absolute atomic E-state index is 0.0149. The van der Waals surface area contributed by atoms with Crippen molar-refractivity contribution in [3.05, 3.63) is 81.4 Å². The summed E-state index contributed by atoms with van der Waals surface area (Å²) in [7, 11) is 1.25. The van der Waals surface area contributed by atoms with Gasteiger partial charge in [-0.2, -0.15) is 0 Å². The molecule has 35 heteroatoms. The number of aliphatic hydroxyl groups is 3. The maximum Gasteiger partial charge on any atom is 0.407 e. The fourth-order valence-electron chi connectivity index (χ4n) is 11.3. The van der Waals surface area contributed by atoms with Gasteiger partial charge >= 0.3 is 24.0 Å². The number of carboxylic acids is 3. The zero-order valence-electron chi connectivity index (χ0n) is 53.8. The normalized spacial score (nSPS) is 20.0. The molecule has 3 aromatic rings. The number of unbranched alkanes of at least 4 members (excludes halogenated alkanes) is 1. The minimum Gasteiger partial charge on any atom is -0.507 e. The van der Waals surface area contributed by atoms with Crippen LogP contribution < -0.4 is 53.0 Å². The lowest BCUT2D eigenvalue weighted by molar-refractivity contribution is -0.249. The number of aliphatic hydroxyl groups excluding tert-OH is 2. The number of alkyl carbamates (subject to hydrolysis) is 1. The average molecular weight is 1380 g/mol. The maximum atomic E-state index is 14.1. The summed E-state index contributed by atoms with van der Waals surface area (Å²) < 4.78 is 22.9. The lowest BCUT2D eigenvalue weighted by Gasteiger charge is -2.42. The molecule has 532 valence electrons. The number of phenols is 2. The lowest BCUT2D eigenvalue weighted by Crippen LogP contribution is -2.59. The molecule has 3 aromatic carbocycles. The maximum absolute atomic E-state index is 14.1. The highest BCUT2D eigenvalue weighted by molar-refractivity contribution is 6.31. The Morgan fingerprint density at radius 3 is 1.96 bits per heavy atom. The molecule has 0 aromatic heterocycles. The van der Waals surface area contributed by atoms with E-state index in [-0.39, 0.29) is 46.5 Å². The number of carbonyl (C=O) groups is 14. The molecule has 2 aliphatic carbocycles. The van der Waals surface area contributed by atoms with Gasteiger partial charge in [0.2, 0.25) is 47.1 Å². The summed E-state index contributed by atoms with van der Waals surface area (Å²) >= 11 is 0. The van der Waals surface area contributed by atoms with Gasteiger partial charge in [0.25, 0.3) is 0 Å². The van der Waals surface area contributed by atoms with Gasteiger partial charge in [0.15, 0.2) is 17.9 Å². The smallest absolute Gasteiger partial charge is 0.407 e. The predicted octanol–water partition coefficient (Wildman–Crippen LogP) is -1.93. The van der Waals surface area contributed by atoms with Gasteiger partial charge in [0.1, 0.15) is 72.4 Å². The highest BCUT2D eigenvalue weighted by Gasteiger charge is 2.51. The molecule has 8 amide bonds. The summed E-state index contributed by atoms with van der Waals surface area (Å²) in [5.74, 6) is -17.2. The molecule has 11 atom stereocenters. The number of hydrogen-bond donors (Lipinski definition) is 17. The number of ketones is 3. The van der Waals surface area contributed by atoms with Crippen molar-refractivity contribution in [3.63, 3.8) is 0 Å². The van der Waals surface area contributed by atoms with Crippen LogP contribution in [0.3, 0.4) is 0 Å². The Morgan fingerprint density at radius 2 is 1.36 bits per heavy atom. The van der Waals surface area contributed by atoms with Gasteiger partial charge in [-0.25, -0.2) is 4.79 Å². The largest absolute Gasteiger partial charge is 0.507 e. The Morgan fingerprint density at radius 1 is 0.735 bits per heavy atom. The number of nitrogens with one attached hydrogen (secondary N) is 8. The van der Waals surface area contributed by atoms with Crippen LogP contribution in [-0.4, -0.2) is 211 Å². The van der Waals surface area contributed by atoms with E-state index in [1.165, 1.54) is 77.3 Å². The van der Waals surface area contributed by atoms with E-state index in [9.17, 15) is 108 Å². The first-order chi connectivity index (χ1) is 46.2. The van der Waals surface area contributed by atoms with Crippen molar-refractivity contribution in [2.24, 2.45) is 11.7 Å². The summed E-state index contributed by atoms with van der Waals surface area (Å²) in [6.45, 7) is 3.34. The number of carboxylic acid groups (broad SMARTS) is 3. The quantitative estimate of drug-likeness (QED) is 0.0182. The number of Topliss-reactive ketones (excluding diaryl/α,β-unsaturated/α-hetero) is 1. The van der Waals surface area contributed by atoms with Crippen LogP contribution >= 0.6 is 0 Å². The molecule has 1 heterocycles. The van der Waals surface area contributed by atoms with E-state index in [1.807, 2.05) is 0 Å². The summed E-state index contributed by atoms with van der Waals surface area (Å²) in [6.07, 6.45) is -10.9. The minimum atomic E-state index is -2.47. The fraction of sp³-hybridized carbons (Fsp3) is 0.492. The topological polar surface area (TPSA) is 560 Å². The van der Waals surface area contributed by atoms with Gasteiger partial charge in [-0.05, 0) is 68.8 Å². The van der Waals surface area contributed by atoms with Crippen LogP contribution in [0.1, 0.15) is 140 Å². The first-order valence-electron chi connectivity index (χ1n) is 30.9. The molecule has 18 N–H and O–H groups in total. The third kappa shape index (κ3) is 19.5. The van der Waals surface area contributed by atoms with E-state index < -0.39 is 236 Å². The van der Waals surface area contributed by atoms with Crippen LogP contribution in [-0.2, 0) is 80.0 Å². The van der Waals surface area contributed by atoms with Gasteiger partial charge < -0.3 is 108 Å². The Balaban J connectivity index is 1.07. The Hall–Kier alpha value is -10.2. The third-order valence-corrected chi connectivity index (χ3v) is 16.3. The van der Waals surface area contributed by atoms with Gasteiger partial charge in [0.05, 0.1) is 61.4 Å². The Kier molecular flexibility index (Phi) is 26.8. The molecule has 0 radical (unpaired) electrons. The Bertz CT molecular complexity index is 3580. The average Bonchev–Trinajstić information content (AvgIpc) is 0.700. The number of ether oxygens (including phenoxy) is 4. The number of methoxy groups -OCH3 is 1. The molecule has 0 spiro atoms. The van der Waals surface area contributed by atoms with Crippen molar-refractivity contribution in [1.82, 2.24) is 37.2 Å². The molecule has 1 saturated heterocycles. The van der Waals surface area contributed by atoms with Crippen LogP contribution in [0.15, 0.2) is 42.5 Å². The first-order valence-corrected chi connectivity index (χ1v) is 30.9. The van der Waals surface area contributed by atoms with Crippen molar-refractivity contribution < 1.29 is 127 Å². The van der Waals surface area contributed by atoms with E-state index >= 15 is 0 Å². The molecule has 35 nitrogen and oxygen atoms in total. The van der Waals surface area contributed by atoms with E-state index in [0.717, 1.165) is 0 Å². The molecule has 0 bridgehead atoms. The molecule has 1 aliphatic heterocycles. The van der Waals surface area contributed by atoms with Gasteiger partial charge in [-0.15, -0.1) is 0 Å². The number of nitrogens with two attached hydrogens (primary N) is 1. The summed E-state index contributed by atoms with van der Waals surface area (Å²) in [5, 5.41) is 104. The second-order valence-corrected chi connectivity index (χ2v) is 23.9. The van der Waals surface area contributed by atoms with E-state index in [1.54, 1.807) is 0 Å². The second-order valence-electron chi connectivity index (χ2n) is 23.9. The predicted molar refractivity (Wildman–Crippen MR) is 333 cm³/mol. The summed E-state index contributed by atoms with van der Waals surface area (Å²) in [5.41, 5.74) is 1.11. The number of anilines is 1. The van der Waals surface area contributed by atoms with Crippen LogP contribution in [0, 0.1) is 5.92 Å². The van der Waals surface area contributed by atoms with Gasteiger partial charge in [0, 0.05) is 55.0 Å². The zero-order chi connectivity index (χ0) is 72.6. The van der Waals surface area contributed by atoms with Crippen molar-refractivity contribution in [1.29, 1.82) is 0 Å². The standard InChI is InChI=1S/C63H79N9O26/c1-27(2)51(72-58(89)35(16-17-43(77)78)69-60(91)37(19-44(79)80)68-42(76)24-65-57(88)34(66-29(4)74)10-6-7-18-64)61(92)70-38(20-45(81)82)59(90)67-31-14-12-30(13-15-31)26-96-62(93)71-36-21-46(97-28(3)52(36)83)98-40-23-63(94,41(75)25-73)22-33-48(40)56(87)50-49(54(33)85)53(84)32-9-8-11-39(95-5)47(32)55(50)86/h8-9,11-15,27-28,34-38,40,46,51-52,73,83,85,87,94H,6-7,10,16-26,64H2,1-5H3,(H,65,88)(H,66,74)(H,67,90)(H,68,76)(H,69,91)(H,70,92)(H,71,93)(H,72,89)(H,77,78)(H,79,80)(H,81,82)/t28-,34-,35-,36?,37-,38-,40-,46-,51-,52+,63-/m0/s1. The molecule has 1 fully saturated rings. The van der Waals surface area contributed by atoms with Crippen molar-refractivity contribution >= 4 is 88.4 Å². The van der Waals surface area contributed by atoms with Crippen LogP contribution in [0.2, 0.25) is 0 Å². The Labute approximate surface area is 558 Å². The monoisotopic (exact) mass is 1380 g/mol. The van der Waals surface area contributed by atoms with Crippen molar-refractivity contribution in [3.8, 4) is 17.2 Å². The first kappa shape index (κ1) is 76.8. The summed E-state index contributed by atoms with van der Waals surface area (Å²) in [6, 6.07) is 0.0936. The zero-order valence-corrected chi connectivity index (χ0v) is 53.8. The highest BCUT2D eigenvalue weighted by atomic mass is 16.7. The number of amides is 8. The second kappa shape index (κ2) is 34.1. The lowest BCUT2D eigenvalue weighted by atomic mass is 9.72. The number of carbonyl (C=O) groups excluding carboxylic acids is 11. The van der Waals surface area contributed by atoms with Crippen LogP contribution in [0.5, 0.6) is 17.2 Å². The van der Waals surface area contributed by atoms with E-state index in [2.05, 4.69) is 42.5 Å². The molecule has 6 rings (SSSR count). The molecular weight excluding hydrogens is 1300 g/mol.